The molecule has 1 aliphatic carbocycles. The normalized spacial score (nSPS) is 16.4. The lowest BCUT2D eigenvalue weighted by Gasteiger charge is -2.24. The van der Waals surface area contributed by atoms with Crippen molar-refractivity contribution in [1.82, 2.24) is 0 Å². The van der Waals surface area contributed by atoms with Gasteiger partial charge in [-0.25, -0.2) is 0 Å². The summed E-state index contributed by atoms with van der Waals surface area (Å²) in [4.78, 5) is 24.9. The minimum absolute atomic E-state index is 0.0682. The van der Waals surface area contributed by atoms with Crippen molar-refractivity contribution in [2.45, 2.75) is 51.8 Å². The minimum atomic E-state index is -4.50. The molecule has 0 heterocycles. The van der Waals surface area contributed by atoms with E-state index < -0.39 is 29.2 Å². The number of halogens is 4. The van der Waals surface area contributed by atoms with E-state index in [0.29, 0.717) is 5.56 Å². The van der Waals surface area contributed by atoms with E-state index in [1.54, 1.807) is 20.8 Å². The van der Waals surface area contributed by atoms with Crippen LogP contribution in [-0.4, -0.2) is 17.4 Å². The molecule has 1 fully saturated rings. The second-order valence-corrected chi connectivity index (χ2v) is 7.68. The van der Waals surface area contributed by atoms with Crippen molar-refractivity contribution in [2.75, 3.05) is 0 Å². The second-order valence-electron chi connectivity index (χ2n) is 7.27. The van der Waals surface area contributed by atoms with Crippen LogP contribution in [0, 0.1) is 11.8 Å². The Morgan fingerprint density at radius 2 is 1.84 bits per heavy atom. The molecule has 0 aromatic heterocycles. The Balaban J connectivity index is 2.24. The minimum Gasteiger partial charge on any atom is -0.459 e. The highest BCUT2D eigenvalue weighted by Crippen LogP contribution is 2.36. The van der Waals surface area contributed by atoms with Crippen molar-refractivity contribution in [3.8, 4) is 0 Å². The molecule has 1 unspecified atom stereocenters. The third kappa shape index (κ3) is 5.46. The van der Waals surface area contributed by atoms with Crippen LogP contribution in [0.4, 0.5) is 13.2 Å². The molecule has 1 aliphatic rings. The molecule has 0 aliphatic heterocycles. The second kappa shape index (κ2) is 6.98. The molecule has 0 N–H and O–H groups in total. The van der Waals surface area contributed by atoms with Gasteiger partial charge in [-0.15, -0.1) is 0 Å². The molecule has 0 bridgehead atoms. The molecular formula is C18H20ClF3O3. The number of rotatable bonds is 5. The first kappa shape index (κ1) is 19.8. The fourth-order valence-corrected chi connectivity index (χ4v) is 2.69. The van der Waals surface area contributed by atoms with Crippen LogP contribution in [0.1, 0.15) is 44.7 Å². The Labute approximate surface area is 149 Å². The van der Waals surface area contributed by atoms with Crippen LogP contribution in [0.5, 0.6) is 0 Å². The zero-order chi connectivity index (χ0) is 19.0. The largest absolute Gasteiger partial charge is 0.459 e. The highest BCUT2D eigenvalue weighted by Gasteiger charge is 2.40. The van der Waals surface area contributed by atoms with Crippen LogP contribution in [0.25, 0.3) is 0 Å². The van der Waals surface area contributed by atoms with Crippen LogP contribution < -0.4 is 0 Å². The smallest absolute Gasteiger partial charge is 0.416 e. The molecule has 25 heavy (non-hydrogen) atoms. The molecule has 138 valence electrons. The van der Waals surface area contributed by atoms with Crippen LogP contribution >= 0.6 is 11.6 Å². The zero-order valence-corrected chi connectivity index (χ0v) is 15.0. The van der Waals surface area contributed by atoms with Gasteiger partial charge in [0, 0.05) is 10.9 Å². The van der Waals surface area contributed by atoms with Crippen molar-refractivity contribution in [3.63, 3.8) is 0 Å². The Hall–Kier alpha value is -1.56. The number of Topliss-reactive ketones (excluding diaryl/α,β-unsaturated/α-hetero) is 1. The van der Waals surface area contributed by atoms with Gasteiger partial charge in [0.05, 0.1) is 5.56 Å². The maximum atomic E-state index is 12.7. The molecule has 0 saturated heterocycles. The Bertz CT molecular complexity index is 673. The molecule has 3 nitrogen and oxygen atoms in total. The molecule has 2 rings (SSSR count). The standard InChI is InChI=1S/C18H20ClF3O3/c1-17(2,3)25-16(24)13(15(23)10-4-5-10)8-11-6-7-12(9-14(11)19)18(20,21)22/h6-7,9-10,13H,4-5,8H2,1-3H3. The van der Waals surface area contributed by atoms with E-state index >= 15 is 0 Å². The number of hydrogen-bond acceptors (Lipinski definition) is 3. The average Bonchev–Trinajstić information content (AvgIpc) is 3.26. The van der Waals surface area contributed by atoms with Gasteiger partial charge in [-0.2, -0.15) is 13.2 Å². The number of carbonyl (C=O) groups excluding carboxylic acids is 2. The SMILES string of the molecule is CC(C)(C)OC(=O)C(Cc1ccc(C(F)(F)F)cc1Cl)C(=O)C1CC1. The number of alkyl halides is 3. The molecule has 1 atom stereocenters. The molecule has 1 aromatic rings. The third-order valence-corrected chi connectivity index (χ3v) is 4.17. The summed E-state index contributed by atoms with van der Waals surface area (Å²) in [5.74, 6) is -2.13. The lowest BCUT2D eigenvalue weighted by atomic mass is 9.92. The van der Waals surface area contributed by atoms with Gasteiger partial charge < -0.3 is 4.74 Å². The van der Waals surface area contributed by atoms with Crippen LogP contribution in [0.3, 0.4) is 0 Å². The molecule has 7 heteroatoms. The summed E-state index contributed by atoms with van der Waals surface area (Å²) >= 11 is 5.95. The Kier molecular flexibility index (Phi) is 5.52. The summed E-state index contributed by atoms with van der Waals surface area (Å²) in [6.45, 7) is 5.07. The maximum absolute atomic E-state index is 12.7. The number of hydrogen-bond donors (Lipinski definition) is 0. The quantitative estimate of drug-likeness (QED) is 0.545. The van der Waals surface area contributed by atoms with E-state index in [4.69, 9.17) is 16.3 Å². The van der Waals surface area contributed by atoms with Gasteiger partial charge in [0.25, 0.3) is 0 Å². The molecule has 0 amide bonds. The van der Waals surface area contributed by atoms with Gasteiger partial charge >= 0.3 is 12.1 Å². The van der Waals surface area contributed by atoms with E-state index in [9.17, 15) is 22.8 Å². The third-order valence-electron chi connectivity index (χ3n) is 3.82. The summed E-state index contributed by atoms with van der Waals surface area (Å²) in [5.41, 5.74) is -1.31. The maximum Gasteiger partial charge on any atom is 0.416 e. The van der Waals surface area contributed by atoms with Crippen molar-refractivity contribution < 1.29 is 27.5 Å². The van der Waals surface area contributed by atoms with E-state index in [-0.39, 0.29) is 23.1 Å². The van der Waals surface area contributed by atoms with Crippen molar-refractivity contribution in [1.29, 1.82) is 0 Å². The van der Waals surface area contributed by atoms with E-state index in [2.05, 4.69) is 0 Å². The molecule has 1 saturated carbocycles. The summed E-state index contributed by atoms with van der Waals surface area (Å²) in [6, 6.07) is 2.92. The van der Waals surface area contributed by atoms with Crippen LogP contribution in [0.15, 0.2) is 18.2 Å². The van der Waals surface area contributed by atoms with Gasteiger partial charge in [-0.3, -0.25) is 9.59 Å². The number of benzene rings is 1. The number of carbonyl (C=O) groups is 2. The predicted octanol–water partition coefficient (Wildman–Crippen LogP) is 4.84. The Morgan fingerprint density at radius 1 is 1.24 bits per heavy atom. The summed E-state index contributed by atoms with van der Waals surface area (Å²) in [5, 5.41) is -0.119. The summed E-state index contributed by atoms with van der Waals surface area (Å²) in [6.07, 6.45) is -3.13. The molecule has 1 aromatic carbocycles. The first-order chi connectivity index (χ1) is 11.4. The number of ketones is 1. The molecular weight excluding hydrogens is 357 g/mol. The monoisotopic (exact) mass is 376 g/mol. The van der Waals surface area contributed by atoms with Crippen LogP contribution in [-0.2, 0) is 26.9 Å². The fraction of sp³-hybridized carbons (Fsp3) is 0.556. The molecule has 0 radical (unpaired) electrons. The van der Waals surface area contributed by atoms with E-state index in [0.717, 1.165) is 25.0 Å². The van der Waals surface area contributed by atoms with E-state index in [1.807, 2.05) is 0 Å². The van der Waals surface area contributed by atoms with Gasteiger partial charge in [-0.05, 0) is 57.7 Å². The summed E-state index contributed by atoms with van der Waals surface area (Å²) < 4.78 is 43.5. The first-order valence-corrected chi connectivity index (χ1v) is 8.38. The van der Waals surface area contributed by atoms with Gasteiger partial charge in [0.15, 0.2) is 5.78 Å². The average molecular weight is 377 g/mol. The van der Waals surface area contributed by atoms with Crippen molar-refractivity contribution in [2.24, 2.45) is 11.8 Å². The van der Waals surface area contributed by atoms with E-state index in [1.165, 1.54) is 6.07 Å². The molecule has 0 spiro atoms. The van der Waals surface area contributed by atoms with Crippen LogP contribution in [0.2, 0.25) is 5.02 Å². The van der Waals surface area contributed by atoms with Gasteiger partial charge in [0.2, 0.25) is 0 Å². The van der Waals surface area contributed by atoms with Crippen molar-refractivity contribution >= 4 is 23.4 Å². The fourth-order valence-electron chi connectivity index (χ4n) is 2.43. The lowest BCUT2D eigenvalue weighted by molar-refractivity contribution is -0.162. The highest BCUT2D eigenvalue weighted by atomic mass is 35.5. The topological polar surface area (TPSA) is 43.4 Å². The first-order valence-electron chi connectivity index (χ1n) is 8.00. The number of ether oxygens (including phenoxy) is 1. The number of esters is 1. The highest BCUT2D eigenvalue weighted by molar-refractivity contribution is 6.31. The summed E-state index contributed by atoms with van der Waals surface area (Å²) in [7, 11) is 0. The Morgan fingerprint density at radius 3 is 2.28 bits per heavy atom. The van der Waals surface area contributed by atoms with Gasteiger partial charge in [-0.1, -0.05) is 17.7 Å². The van der Waals surface area contributed by atoms with Crippen molar-refractivity contribution in [3.05, 3.63) is 34.3 Å². The predicted molar refractivity (Wildman–Crippen MR) is 87.2 cm³/mol. The lowest BCUT2D eigenvalue weighted by Crippen LogP contribution is -2.34. The van der Waals surface area contributed by atoms with Gasteiger partial charge in [0.1, 0.15) is 11.5 Å². The zero-order valence-electron chi connectivity index (χ0n) is 14.2.